The number of amides is 2. The Morgan fingerprint density at radius 3 is 2.47 bits per heavy atom. The Morgan fingerprint density at radius 1 is 1.10 bits per heavy atom. The summed E-state index contributed by atoms with van der Waals surface area (Å²) in [4.78, 5) is 30.4. The van der Waals surface area contributed by atoms with Crippen molar-refractivity contribution in [2.24, 2.45) is 11.8 Å². The number of fused-ring (bicyclic) bond motifs is 1. The third-order valence-electron chi connectivity index (χ3n) is 6.20. The van der Waals surface area contributed by atoms with Crippen LogP contribution >= 0.6 is 0 Å². The monoisotopic (exact) mass is 403 g/mol. The number of hydrogen-bond acceptors (Lipinski definition) is 2. The highest BCUT2D eigenvalue weighted by Crippen LogP contribution is 2.26. The quantitative estimate of drug-likeness (QED) is 0.625. The highest BCUT2D eigenvalue weighted by Gasteiger charge is 2.28. The van der Waals surface area contributed by atoms with Gasteiger partial charge in [0.2, 0.25) is 11.8 Å². The fourth-order valence-corrected chi connectivity index (χ4v) is 4.05. The Hall–Kier alpha value is -3.08. The fraction of sp³-hybridized carbons (Fsp3) is 0.360. The van der Waals surface area contributed by atoms with E-state index in [1.807, 2.05) is 55.1 Å². The predicted molar refractivity (Wildman–Crippen MR) is 121 cm³/mol. The number of para-hydroxylation sites is 1. The molecule has 1 aliphatic rings. The van der Waals surface area contributed by atoms with Gasteiger partial charge in [-0.25, -0.2) is 0 Å². The third-order valence-corrected chi connectivity index (χ3v) is 6.20. The van der Waals surface area contributed by atoms with Gasteiger partial charge in [-0.3, -0.25) is 9.59 Å². The van der Waals surface area contributed by atoms with E-state index in [1.54, 1.807) is 0 Å². The van der Waals surface area contributed by atoms with Crippen molar-refractivity contribution in [1.82, 2.24) is 9.88 Å². The van der Waals surface area contributed by atoms with Gasteiger partial charge in [-0.05, 0) is 49.1 Å². The molecule has 30 heavy (non-hydrogen) atoms. The van der Waals surface area contributed by atoms with Crippen LogP contribution in [0.2, 0.25) is 0 Å². The average Bonchev–Trinajstić information content (AvgIpc) is 3.23. The number of rotatable bonds is 5. The second-order valence-corrected chi connectivity index (χ2v) is 8.25. The number of likely N-dealkylation sites (tertiary alicyclic amines) is 1. The molecule has 0 bridgehead atoms. The lowest BCUT2D eigenvalue weighted by molar-refractivity contribution is -0.138. The van der Waals surface area contributed by atoms with Gasteiger partial charge >= 0.3 is 0 Å². The summed E-state index contributed by atoms with van der Waals surface area (Å²) in [6.45, 7) is 5.34. The number of aromatic nitrogens is 1. The molecular formula is C25H29N3O2. The maximum Gasteiger partial charge on any atom is 0.227 e. The van der Waals surface area contributed by atoms with Crippen molar-refractivity contribution in [2.45, 2.75) is 33.1 Å². The van der Waals surface area contributed by atoms with Crippen molar-refractivity contribution in [3.8, 4) is 11.3 Å². The van der Waals surface area contributed by atoms with Gasteiger partial charge in [0.25, 0.3) is 0 Å². The van der Waals surface area contributed by atoms with Crippen molar-refractivity contribution >= 4 is 28.4 Å². The highest BCUT2D eigenvalue weighted by molar-refractivity contribution is 5.93. The molecule has 1 unspecified atom stereocenters. The summed E-state index contributed by atoms with van der Waals surface area (Å²) in [5.74, 6) is 0.276. The fourth-order valence-electron chi connectivity index (χ4n) is 4.05. The summed E-state index contributed by atoms with van der Waals surface area (Å²) in [5, 5.41) is 4.23. The Labute approximate surface area is 177 Å². The minimum Gasteiger partial charge on any atom is -0.355 e. The predicted octanol–water partition coefficient (Wildman–Crippen LogP) is 5.06. The first-order valence-electron chi connectivity index (χ1n) is 10.8. The number of carbonyl (C=O) groups excluding carboxylic acids is 2. The largest absolute Gasteiger partial charge is 0.355 e. The zero-order chi connectivity index (χ0) is 21.1. The number of benzene rings is 2. The lowest BCUT2D eigenvalue weighted by Crippen LogP contribution is -2.43. The molecular weight excluding hydrogens is 374 g/mol. The molecule has 1 atom stereocenters. The van der Waals surface area contributed by atoms with E-state index in [4.69, 9.17) is 0 Å². The summed E-state index contributed by atoms with van der Waals surface area (Å²) in [6, 6.07) is 18.3. The highest BCUT2D eigenvalue weighted by atomic mass is 16.2. The van der Waals surface area contributed by atoms with Crippen molar-refractivity contribution in [3.05, 3.63) is 54.6 Å². The van der Waals surface area contributed by atoms with Gasteiger partial charge in [-0.15, -0.1) is 0 Å². The van der Waals surface area contributed by atoms with Crippen LogP contribution in [0.5, 0.6) is 0 Å². The maximum atomic E-state index is 12.7. The standard InChI is InChI=1S/C25H29N3O2/c1-3-17(2)25(30)28-14-12-19(13-15-28)24(29)26-21-10-8-18(9-11-21)23-16-20-6-4-5-7-22(20)27-23/h4-11,16-17,19,27H,3,12-15H2,1-2H3,(H,26,29). The molecule has 0 saturated carbocycles. The van der Waals surface area contributed by atoms with Gasteiger partial charge in [0.1, 0.15) is 0 Å². The molecule has 1 aliphatic heterocycles. The molecule has 5 heteroatoms. The molecule has 1 saturated heterocycles. The van der Waals surface area contributed by atoms with Gasteiger partial charge in [-0.1, -0.05) is 44.2 Å². The number of carbonyl (C=O) groups is 2. The molecule has 2 heterocycles. The number of H-pyrrole nitrogens is 1. The van der Waals surface area contributed by atoms with Crippen molar-refractivity contribution in [3.63, 3.8) is 0 Å². The lowest BCUT2D eigenvalue weighted by Gasteiger charge is -2.32. The van der Waals surface area contributed by atoms with Gasteiger partial charge in [0.15, 0.2) is 0 Å². The number of piperidine rings is 1. The van der Waals surface area contributed by atoms with Crippen LogP contribution in [0.4, 0.5) is 5.69 Å². The van der Waals surface area contributed by atoms with E-state index in [0.29, 0.717) is 13.1 Å². The van der Waals surface area contributed by atoms with Crippen LogP contribution in [0.15, 0.2) is 54.6 Å². The maximum absolute atomic E-state index is 12.7. The van der Waals surface area contributed by atoms with Crippen molar-refractivity contribution < 1.29 is 9.59 Å². The first kappa shape index (κ1) is 20.2. The number of aromatic amines is 1. The molecule has 1 fully saturated rings. The molecule has 0 radical (unpaired) electrons. The molecule has 5 nitrogen and oxygen atoms in total. The number of nitrogens with zero attached hydrogens (tertiary/aromatic N) is 1. The summed E-state index contributed by atoms with van der Waals surface area (Å²) >= 11 is 0. The Morgan fingerprint density at radius 2 is 1.80 bits per heavy atom. The normalized spacial score (nSPS) is 15.9. The van der Waals surface area contributed by atoms with E-state index in [1.165, 1.54) is 5.39 Å². The minimum atomic E-state index is -0.0423. The summed E-state index contributed by atoms with van der Waals surface area (Å²) in [7, 11) is 0. The Kier molecular flexibility index (Phi) is 5.88. The van der Waals surface area contributed by atoms with Crippen LogP contribution < -0.4 is 5.32 Å². The van der Waals surface area contributed by atoms with Crippen molar-refractivity contribution in [1.29, 1.82) is 0 Å². The third kappa shape index (κ3) is 4.25. The van der Waals surface area contributed by atoms with E-state index in [9.17, 15) is 9.59 Å². The minimum absolute atomic E-state index is 0.0423. The molecule has 2 aromatic carbocycles. The molecule has 3 aromatic rings. The molecule has 0 spiro atoms. The first-order chi connectivity index (χ1) is 14.5. The van der Waals surface area contributed by atoms with Crippen LogP contribution in [0, 0.1) is 11.8 Å². The van der Waals surface area contributed by atoms with Gasteiger partial charge in [-0.2, -0.15) is 0 Å². The topological polar surface area (TPSA) is 65.2 Å². The smallest absolute Gasteiger partial charge is 0.227 e. The molecule has 0 aliphatic carbocycles. The van der Waals surface area contributed by atoms with Gasteiger partial charge in [0, 0.05) is 47.2 Å². The van der Waals surface area contributed by atoms with Gasteiger partial charge in [0.05, 0.1) is 0 Å². The molecule has 4 rings (SSSR count). The van der Waals surface area contributed by atoms with Gasteiger partial charge < -0.3 is 15.2 Å². The molecule has 2 amide bonds. The van der Waals surface area contributed by atoms with Crippen LogP contribution in [0.3, 0.4) is 0 Å². The van der Waals surface area contributed by atoms with Crippen molar-refractivity contribution in [2.75, 3.05) is 18.4 Å². The van der Waals surface area contributed by atoms with E-state index < -0.39 is 0 Å². The SMILES string of the molecule is CCC(C)C(=O)N1CCC(C(=O)Nc2ccc(-c3cc4ccccc4[nH]3)cc2)CC1. The molecule has 156 valence electrons. The van der Waals surface area contributed by atoms with E-state index in [-0.39, 0.29) is 23.7 Å². The Balaban J connectivity index is 1.34. The second kappa shape index (κ2) is 8.74. The van der Waals surface area contributed by atoms with Crippen LogP contribution in [-0.2, 0) is 9.59 Å². The van der Waals surface area contributed by atoms with E-state index >= 15 is 0 Å². The molecule has 1 aromatic heterocycles. The first-order valence-corrected chi connectivity index (χ1v) is 10.8. The average molecular weight is 404 g/mol. The van der Waals surface area contributed by atoms with E-state index in [0.717, 1.165) is 41.7 Å². The number of nitrogens with one attached hydrogen (secondary N) is 2. The summed E-state index contributed by atoms with van der Waals surface area (Å²) in [5.41, 5.74) is 4.06. The summed E-state index contributed by atoms with van der Waals surface area (Å²) in [6.07, 6.45) is 2.30. The zero-order valence-electron chi connectivity index (χ0n) is 17.7. The Bertz CT molecular complexity index is 997. The van der Waals surface area contributed by atoms with E-state index in [2.05, 4.69) is 28.5 Å². The zero-order valence-corrected chi connectivity index (χ0v) is 17.7. The number of anilines is 1. The summed E-state index contributed by atoms with van der Waals surface area (Å²) < 4.78 is 0. The van der Waals surface area contributed by atoms with Crippen LogP contribution in [0.25, 0.3) is 22.2 Å². The number of hydrogen-bond donors (Lipinski definition) is 2. The van der Waals surface area contributed by atoms with Crippen LogP contribution in [0.1, 0.15) is 33.1 Å². The lowest BCUT2D eigenvalue weighted by atomic mass is 9.94. The van der Waals surface area contributed by atoms with Crippen LogP contribution in [-0.4, -0.2) is 34.8 Å². The second-order valence-electron chi connectivity index (χ2n) is 8.25. The molecule has 2 N–H and O–H groups in total.